The first-order chi connectivity index (χ1) is 17.1. The standard InChI is InChI=1S/C28H27N3O4/c32-26(33)17-29-28(34)21-12-15-25-24(16-21)30-27(31(25)22-8-4-5-9-22)20-10-13-23(14-11-20)35-18-19-6-2-1-3-7-19/h1-3,6-7,10-16,22H,4-5,8-9,17-18H2,(H,29,34)(H,32,33). The van der Waals surface area contributed by atoms with E-state index in [1.807, 2.05) is 60.7 Å². The lowest BCUT2D eigenvalue weighted by Crippen LogP contribution is -2.29. The lowest BCUT2D eigenvalue weighted by atomic mass is 10.1. The highest BCUT2D eigenvalue weighted by molar-refractivity contribution is 5.99. The molecular formula is C28H27N3O4. The number of hydrogen-bond donors (Lipinski definition) is 2. The van der Waals surface area contributed by atoms with Crippen LogP contribution in [0.15, 0.2) is 72.8 Å². The largest absolute Gasteiger partial charge is 0.489 e. The maximum atomic E-state index is 12.4. The van der Waals surface area contributed by atoms with Gasteiger partial charge >= 0.3 is 5.97 Å². The molecule has 0 radical (unpaired) electrons. The molecule has 0 saturated heterocycles. The number of fused-ring (bicyclic) bond motifs is 1. The number of carboxylic acids is 1. The molecule has 35 heavy (non-hydrogen) atoms. The van der Waals surface area contributed by atoms with Crippen molar-refractivity contribution in [1.29, 1.82) is 0 Å². The Morgan fingerprint density at radius 1 is 1.00 bits per heavy atom. The summed E-state index contributed by atoms with van der Waals surface area (Å²) in [4.78, 5) is 28.1. The Morgan fingerprint density at radius 2 is 1.74 bits per heavy atom. The van der Waals surface area contributed by atoms with Gasteiger partial charge in [0.15, 0.2) is 0 Å². The van der Waals surface area contributed by atoms with E-state index in [2.05, 4.69) is 9.88 Å². The molecule has 1 aliphatic carbocycles. The number of carboxylic acid groups (broad SMARTS) is 1. The van der Waals surface area contributed by atoms with Crippen LogP contribution in [0.3, 0.4) is 0 Å². The summed E-state index contributed by atoms with van der Waals surface area (Å²) in [5.74, 6) is 0.151. The number of hydrogen-bond acceptors (Lipinski definition) is 4. The second-order valence-corrected chi connectivity index (χ2v) is 8.82. The summed E-state index contributed by atoms with van der Waals surface area (Å²) in [6.07, 6.45) is 4.56. The Hall–Kier alpha value is -4.13. The van der Waals surface area contributed by atoms with Crippen LogP contribution in [0.2, 0.25) is 0 Å². The van der Waals surface area contributed by atoms with Crippen LogP contribution in [-0.2, 0) is 11.4 Å². The molecule has 1 fully saturated rings. The Bertz CT molecular complexity index is 1340. The molecule has 5 rings (SSSR count). The van der Waals surface area contributed by atoms with E-state index in [1.165, 1.54) is 12.8 Å². The number of rotatable bonds is 8. The molecule has 7 nitrogen and oxygen atoms in total. The normalized spacial score (nSPS) is 13.7. The van der Waals surface area contributed by atoms with E-state index >= 15 is 0 Å². The van der Waals surface area contributed by atoms with E-state index < -0.39 is 18.4 Å². The second-order valence-electron chi connectivity index (χ2n) is 8.82. The van der Waals surface area contributed by atoms with E-state index in [4.69, 9.17) is 14.8 Å². The minimum absolute atomic E-state index is 0.357. The summed E-state index contributed by atoms with van der Waals surface area (Å²) in [6, 6.07) is 23.8. The molecule has 1 saturated carbocycles. The smallest absolute Gasteiger partial charge is 0.322 e. The van der Waals surface area contributed by atoms with Crippen LogP contribution in [0.1, 0.15) is 47.6 Å². The van der Waals surface area contributed by atoms with Crippen molar-refractivity contribution in [3.05, 3.63) is 83.9 Å². The van der Waals surface area contributed by atoms with E-state index in [-0.39, 0.29) is 0 Å². The summed E-state index contributed by atoms with van der Waals surface area (Å²) in [7, 11) is 0. The van der Waals surface area contributed by atoms with Crippen molar-refractivity contribution in [1.82, 2.24) is 14.9 Å². The monoisotopic (exact) mass is 469 g/mol. The summed E-state index contributed by atoms with van der Waals surface area (Å²) >= 11 is 0. The SMILES string of the molecule is O=C(O)CNC(=O)c1ccc2c(c1)nc(-c1ccc(OCc3ccccc3)cc1)n2C1CCCC1. The number of imidazole rings is 1. The molecule has 0 spiro atoms. The summed E-state index contributed by atoms with van der Waals surface area (Å²) in [6.45, 7) is 0.0881. The predicted molar refractivity (Wildman–Crippen MR) is 133 cm³/mol. The number of amides is 1. The van der Waals surface area contributed by atoms with Crippen molar-refractivity contribution >= 4 is 22.9 Å². The molecule has 1 amide bonds. The van der Waals surface area contributed by atoms with Crippen LogP contribution in [0, 0.1) is 0 Å². The third-order valence-electron chi connectivity index (χ3n) is 6.40. The van der Waals surface area contributed by atoms with E-state index in [9.17, 15) is 9.59 Å². The number of benzene rings is 3. The zero-order valence-corrected chi connectivity index (χ0v) is 19.3. The molecule has 0 unspecified atom stereocenters. The molecule has 4 aromatic rings. The van der Waals surface area contributed by atoms with Crippen molar-refractivity contribution < 1.29 is 19.4 Å². The average Bonchev–Trinajstić information content (AvgIpc) is 3.54. The molecule has 1 aromatic heterocycles. The van der Waals surface area contributed by atoms with Gasteiger partial charge in [-0.25, -0.2) is 4.98 Å². The Morgan fingerprint density at radius 3 is 2.46 bits per heavy atom. The Balaban J connectivity index is 1.44. The minimum Gasteiger partial charge on any atom is -0.489 e. The molecule has 2 N–H and O–H groups in total. The van der Waals surface area contributed by atoms with E-state index in [0.717, 1.165) is 46.6 Å². The third-order valence-corrected chi connectivity index (χ3v) is 6.40. The van der Waals surface area contributed by atoms with Crippen LogP contribution in [0.25, 0.3) is 22.4 Å². The van der Waals surface area contributed by atoms with Gasteiger partial charge in [-0.15, -0.1) is 0 Å². The maximum absolute atomic E-state index is 12.4. The fourth-order valence-electron chi connectivity index (χ4n) is 4.67. The topological polar surface area (TPSA) is 93.5 Å². The molecule has 3 aromatic carbocycles. The number of carbonyl (C=O) groups excluding carboxylic acids is 1. The number of carbonyl (C=O) groups is 2. The van der Waals surface area contributed by atoms with Crippen LogP contribution >= 0.6 is 0 Å². The van der Waals surface area contributed by atoms with Gasteiger partial charge in [0.05, 0.1) is 11.0 Å². The van der Waals surface area contributed by atoms with E-state index in [1.54, 1.807) is 12.1 Å². The van der Waals surface area contributed by atoms with Gasteiger partial charge < -0.3 is 19.7 Å². The van der Waals surface area contributed by atoms with Crippen LogP contribution in [0.5, 0.6) is 5.75 Å². The van der Waals surface area contributed by atoms with Gasteiger partial charge in [-0.3, -0.25) is 9.59 Å². The van der Waals surface area contributed by atoms with Gasteiger partial charge in [-0.1, -0.05) is 43.2 Å². The molecule has 0 aliphatic heterocycles. The van der Waals surface area contributed by atoms with Gasteiger partial charge in [0.1, 0.15) is 24.7 Å². The van der Waals surface area contributed by atoms with Gasteiger partial charge in [-0.05, 0) is 60.9 Å². The summed E-state index contributed by atoms with van der Waals surface area (Å²) in [5, 5.41) is 11.3. The fourth-order valence-corrected chi connectivity index (χ4v) is 4.67. The molecule has 178 valence electrons. The average molecular weight is 470 g/mol. The van der Waals surface area contributed by atoms with Crippen molar-refractivity contribution in [2.45, 2.75) is 38.3 Å². The van der Waals surface area contributed by atoms with Crippen LogP contribution in [-0.4, -0.2) is 33.1 Å². The highest BCUT2D eigenvalue weighted by atomic mass is 16.5. The zero-order chi connectivity index (χ0) is 24.2. The second kappa shape index (κ2) is 10.0. The molecule has 0 atom stereocenters. The van der Waals surface area contributed by atoms with Crippen molar-refractivity contribution in [2.75, 3.05) is 6.54 Å². The van der Waals surface area contributed by atoms with Crippen molar-refractivity contribution in [3.63, 3.8) is 0 Å². The third kappa shape index (κ3) is 5.04. The number of nitrogens with zero attached hydrogens (tertiary/aromatic N) is 2. The first-order valence-corrected chi connectivity index (χ1v) is 11.9. The molecule has 1 aliphatic rings. The Kier molecular flexibility index (Phi) is 6.48. The Labute approximate surface area is 203 Å². The number of nitrogens with one attached hydrogen (secondary N) is 1. The van der Waals surface area contributed by atoms with Gasteiger partial charge in [0.25, 0.3) is 5.91 Å². The first-order valence-electron chi connectivity index (χ1n) is 11.9. The summed E-state index contributed by atoms with van der Waals surface area (Å²) < 4.78 is 8.23. The van der Waals surface area contributed by atoms with Crippen LogP contribution in [0.4, 0.5) is 0 Å². The number of ether oxygens (including phenoxy) is 1. The molecular weight excluding hydrogens is 442 g/mol. The van der Waals surface area contributed by atoms with E-state index in [0.29, 0.717) is 18.2 Å². The number of aliphatic carboxylic acids is 1. The van der Waals surface area contributed by atoms with Crippen molar-refractivity contribution in [2.24, 2.45) is 0 Å². The molecule has 1 heterocycles. The van der Waals surface area contributed by atoms with Crippen LogP contribution < -0.4 is 10.1 Å². The van der Waals surface area contributed by atoms with Crippen molar-refractivity contribution in [3.8, 4) is 17.1 Å². The minimum atomic E-state index is -1.08. The van der Waals surface area contributed by atoms with Gasteiger partial charge in [-0.2, -0.15) is 0 Å². The maximum Gasteiger partial charge on any atom is 0.322 e. The highest BCUT2D eigenvalue weighted by Crippen LogP contribution is 2.37. The predicted octanol–water partition coefficient (Wildman–Crippen LogP) is 5.21. The quantitative estimate of drug-likeness (QED) is 0.369. The first kappa shape index (κ1) is 22.7. The van der Waals surface area contributed by atoms with Gasteiger partial charge in [0, 0.05) is 17.2 Å². The number of aromatic nitrogens is 2. The lowest BCUT2D eigenvalue weighted by molar-refractivity contribution is -0.135. The fraction of sp³-hybridized carbons (Fsp3) is 0.250. The molecule has 7 heteroatoms. The zero-order valence-electron chi connectivity index (χ0n) is 19.3. The van der Waals surface area contributed by atoms with Gasteiger partial charge in [0.2, 0.25) is 0 Å². The highest BCUT2D eigenvalue weighted by Gasteiger charge is 2.24. The summed E-state index contributed by atoms with van der Waals surface area (Å²) in [5.41, 5.74) is 4.19. The molecule has 0 bridgehead atoms. The lowest BCUT2D eigenvalue weighted by Gasteiger charge is -2.17.